The average molecular weight is 795 g/mol. The van der Waals surface area contributed by atoms with Gasteiger partial charge in [-0.3, -0.25) is 0 Å². The molecule has 0 aromatic heterocycles. The van der Waals surface area contributed by atoms with Gasteiger partial charge in [-0.1, -0.05) is 153 Å². The predicted octanol–water partition coefficient (Wildman–Crippen LogP) is 14.1. The standard InChI is InChI=1S/C50H52O5P2/c1-31(2)36-18-10-13-23-42(36)52-56-46-26-16-21-40-48(46)51-49-41(50(40,8)9)22-17-27-47(49)57(53-43-24-14-11-19-37(43)32(3)4)55-45-30-35(28-29-38(45)33(5)6)34(7)39-20-12-15-25-44(39)54-56/h10-34H,1-9H3. The molecular weight excluding hydrogens is 742 g/mol. The van der Waals surface area contributed by atoms with E-state index in [1.807, 2.05) is 24.3 Å². The summed E-state index contributed by atoms with van der Waals surface area (Å²) in [5.41, 5.74) is 7.24. The van der Waals surface area contributed by atoms with Gasteiger partial charge in [-0.25, -0.2) is 0 Å². The lowest BCUT2D eigenvalue weighted by atomic mass is 9.76. The predicted molar refractivity (Wildman–Crippen MR) is 236 cm³/mol. The summed E-state index contributed by atoms with van der Waals surface area (Å²) in [6, 6.07) is 44.3. The number of hydrogen-bond donors (Lipinski definition) is 0. The molecule has 6 aromatic rings. The lowest BCUT2D eigenvalue weighted by molar-refractivity contribution is 0.420. The fourth-order valence-corrected chi connectivity index (χ4v) is 10.9. The van der Waals surface area contributed by atoms with Crippen molar-refractivity contribution in [3.63, 3.8) is 0 Å². The van der Waals surface area contributed by atoms with Gasteiger partial charge in [-0.15, -0.1) is 0 Å². The third-order valence-corrected chi connectivity index (χ3v) is 14.2. The van der Waals surface area contributed by atoms with Gasteiger partial charge in [0.2, 0.25) is 0 Å². The highest BCUT2D eigenvalue weighted by atomic mass is 31.2. The monoisotopic (exact) mass is 794 g/mol. The van der Waals surface area contributed by atoms with E-state index in [1.165, 1.54) is 0 Å². The zero-order valence-electron chi connectivity index (χ0n) is 34.4. The van der Waals surface area contributed by atoms with Gasteiger partial charge in [0.05, 0.1) is 10.6 Å². The smallest absolute Gasteiger partial charge is 0.330 e. The lowest BCUT2D eigenvalue weighted by Gasteiger charge is -2.37. The topological polar surface area (TPSA) is 46.2 Å². The Labute approximate surface area is 341 Å². The lowest BCUT2D eigenvalue weighted by Crippen LogP contribution is -2.31. The van der Waals surface area contributed by atoms with Gasteiger partial charge in [-0.05, 0) is 76.4 Å². The van der Waals surface area contributed by atoms with Crippen molar-refractivity contribution in [3.05, 3.63) is 166 Å². The van der Waals surface area contributed by atoms with Crippen molar-refractivity contribution in [2.75, 3.05) is 0 Å². The fourth-order valence-electron chi connectivity index (χ4n) is 7.93. The molecule has 5 nitrogen and oxygen atoms in total. The van der Waals surface area contributed by atoms with E-state index in [1.54, 1.807) is 0 Å². The zero-order valence-corrected chi connectivity index (χ0v) is 36.2. The first-order valence-corrected chi connectivity index (χ1v) is 22.5. The van der Waals surface area contributed by atoms with Gasteiger partial charge in [0, 0.05) is 28.0 Å². The van der Waals surface area contributed by atoms with E-state index in [2.05, 4.69) is 165 Å². The zero-order chi connectivity index (χ0) is 40.0. The van der Waals surface area contributed by atoms with Crippen LogP contribution in [0.2, 0.25) is 0 Å². The van der Waals surface area contributed by atoms with Crippen LogP contribution in [0.3, 0.4) is 0 Å². The number of para-hydroxylation sites is 5. The number of hydrogen-bond acceptors (Lipinski definition) is 5. The van der Waals surface area contributed by atoms with E-state index in [9.17, 15) is 0 Å². The first-order valence-electron chi connectivity index (χ1n) is 20.1. The molecule has 2 aliphatic heterocycles. The minimum Gasteiger partial charge on any atom is -0.455 e. The molecule has 7 heteroatoms. The Kier molecular flexibility index (Phi) is 10.8. The number of fused-ring (bicyclic) bond motifs is 3. The van der Waals surface area contributed by atoms with Crippen molar-refractivity contribution in [3.8, 4) is 34.5 Å². The van der Waals surface area contributed by atoms with Crippen molar-refractivity contribution in [1.29, 1.82) is 0 Å². The van der Waals surface area contributed by atoms with Crippen LogP contribution in [-0.4, -0.2) is 0 Å². The summed E-state index contributed by atoms with van der Waals surface area (Å²) in [4.78, 5) is 0. The number of benzene rings is 6. The van der Waals surface area contributed by atoms with Gasteiger partial charge in [0.1, 0.15) is 34.5 Å². The third-order valence-electron chi connectivity index (χ3n) is 11.3. The van der Waals surface area contributed by atoms with Crippen LogP contribution in [0.4, 0.5) is 0 Å². The van der Waals surface area contributed by atoms with Gasteiger partial charge in [0.25, 0.3) is 0 Å². The highest BCUT2D eigenvalue weighted by Gasteiger charge is 2.41. The maximum Gasteiger partial charge on any atom is 0.330 e. The molecule has 0 aliphatic carbocycles. The minimum atomic E-state index is -1.77. The quantitative estimate of drug-likeness (QED) is 0.151. The Morgan fingerprint density at radius 1 is 0.526 bits per heavy atom. The molecule has 2 aliphatic rings. The maximum atomic E-state index is 7.30. The molecule has 0 N–H and O–H groups in total. The van der Waals surface area contributed by atoms with Gasteiger partial charge in [-0.2, -0.15) is 0 Å². The van der Waals surface area contributed by atoms with Crippen molar-refractivity contribution in [2.24, 2.45) is 0 Å². The molecule has 57 heavy (non-hydrogen) atoms. The van der Waals surface area contributed by atoms with Crippen LogP contribution in [0.15, 0.2) is 127 Å². The van der Waals surface area contributed by atoms with E-state index in [4.69, 9.17) is 22.8 Å². The summed E-state index contributed by atoms with van der Waals surface area (Å²) in [6.07, 6.45) is 0. The first-order chi connectivity index (χ1) is 27.4. The SMILES string of the molecule is CC(C)c1ccccc1OP1Oc2cc(ccc2C(C)C)C(C)c2ccccc2OP(Oc2ccccc2C(C)C)c2cccc3c2Oc2c1cccc2C3(C)C. The minimum absolute atomic E-state index is 0.0286. The average Bonchev–Trinajstić information content (AvgIpc) is 3.20. The van der Waals surface area contributed by atoms with E-state index in [0.717, 1.165) is 84.1 Å². The van der Waals surface area contributed by atoms with Crippen LogP contribution < -0.4 is 33.4 Å². The molecule has 4 bridgehead atoms. The normalized spacial score (nSPS) is 18.1. The second-order valence-electron chi connectivity index (χ2n) is 16.5. The molecule has 0 radical (unpaired) electrons. The van der Waals surface area contributed by atoms with Crippen LogP contribution >= 0.6 is 16.8 Å². The first kappa shape index (κ1) is 39.0. The van der Waals surface area contributed by atoms with E-state index >= 15 is 0 Å². The summed E-state index contributed by atoms with van der Waals surface area (Å²) in [6.45, 7) is 20.0. The highest BCUT2D eigenvalue weighted by molar-refractivity contribution is 7.57. The molecule has 0 saturated heterocycles. The Bertz CT molecular complexity index is 2420. The third kappa shape index (κ3) is 7.42. The Hall–Kier alpha value is -4.82. The van der Waals surface area contributed by atoms with Gasteiger partial charge in [0.15, 0.2) is 0 Å². The number of rotatable bonds is 7. The molecule has 292 valence electrons. The van der Waals surface area contributed by atoms with Gasteiger partial charge >= 0.3 is 16.8 Å². The second kappa shape index (κ2) is 15.8. The van der Waals surface area contributed by atoms with Crippen molar-refractivity contribution < 1.29 is 22.8 Å². The molecule has 6 aromatic carbocycles. The maximum absolute atomic E-state index is 7.30. The number of ether oxygens (including phenoxy) is 1. The summed E-state index contributed by atoms with van der Waals surface area (Å²) in [7, 11) is -3.53. The Morgan fingerprint density at radius 2 is 1.02 bits per heavy atom. The van der Waals surface area contributed by atoms with Crippen molar-refractivity contribution >= 4 is 27.4 Å². The molecule has 3 atom stereocenters. The van der Waals surface area contributed by atoms with E-state index < -0.39 is 22.2 Å². The summed E-state index contributed by atoms with van der Waals surface area (Å²) < 4.78 is 36.1. The fraction of sp³-hybridized carbons (Fsp3) is 0.280. The Morgan fingerprint density at radius 3 is 1.56 bits per heavy atom. The van der Waals surface area contributed by atoms with Gasteiger partial charge < -0.3 is 22.8 Å². The molecule has 2 heterocycles. The van der Waals surface area contributed by atoms with Crippen LogP contribution in [0.5, 0.6) is 34.5 Å². The molecule has 0 saturated carbocycles. The molecule has 0 amide bonds. The van der Waals surface area contributed by atoms with E-state index in [-0.39, 0.29) is 23.7 Å². The highest BCUT2D eigenvalue weighted by Crippen LogP contribution is 2.55. The summed E-state index contributed by atoms with van der Waals surface area (Å²) >= 11 is 0. The van der Waals surface area contributed by atoms with Crippen molar-refractivity contribution in [2.45, 2.75) is 91.4 Å². The molecule has 0 fully saturated rings. The summed E-state index contributed by atoms with van der Waals surface area (Å²) in [5, 5.41) is 1.74. The van der Waals surface area contributed by atoms with Crippen molar-refractivity contribution in [1.82, 2.24) is 0 Å². The molecule has 3 unspecified atom stereocenters. The second-order valence-corrected chi connectivity index (χ2v) is 19.2. The summed E-state index contributed by atoms with van der Waals surface area (Å²) in [5.74, 6) is 5.38. The molecule has 8 rings (SSSR count). The van der Waals surface area contributed by atoms with Crippen LogP contribution in [-0.2, 0) is 5.41 Å². The largest absolute Gasteiger partial charge is 0.455 e. The van der Waals surface area contributed by atoms with Crippen LogP contribution in [0, 0.1) is 0 Å². The Balaban J connectivity index is 1.40. The molecule has 0 spiro atoms. The van der Waals surface area contributed by atoms with Crippen LogP contribution in [0.1, 0.15) is 125 Å². The molecular formula is C50H52O5P2. The van der Waals surface area contributed by atoms with E-state index in [0.29, 0.717) is 0 Å². The van der Waals surface area contributed by atoms with Crippen LogP contribution in [0.25, 0.3) is 0 Å².